The second-order valence-corrected chi connectivity index (χ2v) is 7.67. The molecule has 1 fully saturated rings. The Morgan fingerprint density at radius 1 is 1.13 bits per heavy atom. The molecule has 0 saturated carbocycles. The molecule has 1 aliphatic heterocycles. The molecule has 0 amide bonds. The molecule has 160 valence electrons. The molecule has 1 N–H and O–H groups in total. The summed E-state index contributed by atoms with van der Waals surface area (Å²) in [6.07, 6.45) is 3.27. The van der Waals surface area contributed by atoms with Gasteiger partial charge in [0, 0.05) is 36.8 Å². The number of furan rings is 1. The summed E-state index contributed by atoms with van der Waals surface area (Å²) in [5.41, 5.74) is 3.11. The van der Waals surface area contributed by atoms with Crippen LogP contribution in [0, 0.1) is 25.7 Å². The van der Waals surface area contributed by atoms with Crippen LogP contribution >= 0.6 is 11.9 Å². The van der Waals surface area contributed by atoms with Crippen LogP contribution in [0.5, 0.6) is 5.88 Å². The summed E-state index contributed by atoms with van der Waals surface area (Å²) in [7, 11) is 1.58. The van der Waals surface area contributed by atoms with Crippen molar-refractivity contribution >= 4 is 23.5 Å². The van der Waals surface area contributed by atoms with Crippen molar-refractivity contribution in [3.63, 3.8) is 0 Å². The van der Waals surface area contributed by atoms with Crippen molar-refractivity contribution in [2.45, 2.75) is 18.9 Å². The average Bonchev–Trinajstić information content (AvgIpc) is 3.22. The molecule has 1 aliphatic rings. The van der Waals surface area contributed by atoms with Crippen molar-refractivity contribution in [2.75, 3.05) is 43.0 Å². The van der Waals surface area contributed by atoms with Gasteiger partial charge in [-0.25, -0.2) is 15.0 Å². The van der Waals surface area contributed by atoms with Crippen molar-refractivity contribution in [2.24, 2.45) is 0 Å². The zero-order chi connectivity index (χ0) is 21.6. The number of pyridine rings is 1. The van der Waals surface area contributed by atoms with Crippen LogP contribution in [0.2, 0.25) is 0 Å². The van der Waals surface area contributed by atoms with Crippen molar-refractivity contribution < 1.29 is 13.9 Å². The standard InChI is InChI=1S/C22H23N5O3S/c1-15-4-7-20(30-15)31-26-19-12-17(13-23-22(19)28-3)5-6-18-16(2)24-14-25-21(18)27-8-10-29-11-9-27/h4,7,12-14,26H,8-11H2,1-3H3. The van der Waals surface area contributed by atoms with E-state index in [9.17, 15) is 0 Å². The van der Waals surface area contributed by atoms with Crippen molar-refractivity contribution in [1.82, 2.24) is 15.0 Å². The van der Waals surface area contributed by atoms with Crippen LogP contribution in [0.3, 0.4) is 0 Å². The van der Waals surface area contributed by atoms with E-state index in [-0.39, 0.29) is 0 Å². The Morgan fingerprint density at radius 3 is 2.71 bits per heavy atom. The van der Waals surface area contributed by atoms with Gasteiger partial charge in [0.15, 0.2) is 5.09 Å². The second kappa shape index (κ2) is 9.73. The highest BCUT2D eigenvalue weighted by atomic mass is 32.2. The molecule has 0 unspecified atom stereocenters. The number of rotatable bonds is 5. The number of anilines is 2. The van der Waals surface area contributed by atoms with E-state index in [1.54, 1.807) is 19.6 Å². The van der Waals surface area contributed by atoms with E-state index in [1.807, 2.05) is 32.0 Å². The van der Waals surface area contributed by atoms with Gasteiger partial charge in [-0.05, 0) is 32.0 Å². The number of hydrogen-bond donors (Lipinski definition) is 1. The minimum atomic E-state index is 0.481. The lowest BCUT2D eigenvalue weighted by Crippen LogP contribution is -2.37. The van der Waals surface area contributed by atoms with E-state index in [0.29, 0.717) is 24.8 Å². The molecular formula is C22H23N5O3S. The fraction of sp³-hybridized carbons (Fsp3) is 0.318. The third kappa shape index (κ3) is 5.10. The Labute approximate surface area is 185 Å². The van der Waals surface area contributed by atoms with Gasteiger partial charge in [0.05, 0.1) is 31.6 Å². The van der Waals surface area contributed by atoms with E-state index in [1.165, 1.54) is 11.9 Å². The van der Waals surface area contributed by atoms with Crippen molar-refractivity contribution in [3.8, 4) is 17.7 Å². The van der Waals surface area contributed by atoms with Crippen molar-refractivity contribution in [1.29, 1.82) is 0 Å². The van der Waals surface area contributed by atoms with E-state index in [2.05, 4.69) is 36.4 Å². The van der Waals surface area contributed by atoms with Crippen LogP contribution in [0.1, 0.15) is 22.6 Å². The highest BCUT2D eigenvalue weighted by Gasteiger charge is 2.17. The molecule has 0 bridgehead atoms. The smallest absolute Gasteiger partial charge is 0.238 e. The zero-order valence-corrected chi connectivity index (χ0v) is 18.5. The molecule has 4 rings (SSSR count). The second-order valence-electron chi connectivity index (χ2n) is 6.86. The molecule has 0 radical (unpaired) electrons. The maximum Gasteiger partial charge on any atom is 0.238 e. The Morgan fingerprint density at radius 2 is 1.97 bits per heavy atom. The third-order valence-corrected chi connectivity index (χ3v) is 5.42. The fourth-order valence-electron chi connectivity index (χ4n) is 3.09. The third-order valence-electron chi connectivity index (χ3n) is 4.68. The van der Waals surface area contributed by atoms with E-state index in [4.69, 9.17) is 13.9 Å². The first-order chi connectivity index (χ1) is 15.1. The average molecular weight is 438 g/mol. The number of morpholine rings is 1. The Balaban J connectivity index is 1.59. The van der Waals surface area contributed by atoms with Crippen LogP contribution in [0.15, 0.2) is 40.2 Å². The van der Waals surface area contributed by atoms with Crippen LogP contribution in [0.25, 0.3) is 0 Å². The number of nitrogens with one attached hydrogen (secondary N) is 1. The van der Waals surface area contributed by atoms with E-state index < -0.39 is 0 Å². The summed E-state index contributed by atoms with van der Waals surface area (Å²) in [6.45, 7) is 6.78. The monoisotopic (exact) mass is 437 g/mol. The molecule has 3 aromatic rings. The number of nitrogens with zero attached hydrogens (tertiary/aromatic N) is 4. The van der Waals surface area contributed by atoms with Crippen LogP contribution in [-0.4, -0.2) is 48.4 Å². The number of methoxy groups -OCH3 is 1. The Hall–Kier alpha value is -3.22. The van der Waals surface area contributed by atoms with Gasteiger partial charge in [0.25, 0.3) is 0 Å². The van der Waals surface area contributed by atoms with Gasteiger partial charge in [-0.15, -0.1) is 0 Å². The Bertz CT molecular complexity index is 1120. The summed E-state index contributed by atoms with van der Waals surface area (Å²) in [6, 6.07) is 5.72. The van der Waals surface area contributed by atoms with Crippen LogP contribution < -0.4 is 14.4 Å². The lowest BCUT2D eigenvalue weighted by Gasteiger charge is -2.28. The Kier molecular flexibility index (Phi) is 6.60. The summed E-state index contributed by atoms with van der Waals surface area (Å²) >= 11 is 1.35. The lowest BCUT2D eigenvalue weighted by molar-refractivity contribution is 0.122. The maximum atomic E-state index is 5.58. The summed E-state index contributed by atoms with van der Waals surface area (Å²) in [5, 5.41) is 0.753. The van der Waals surface area contributed by atoms with Gasteiger partial charge in [-0.2, -0.15) is 0 Å². The molecule has 0 spiro atoms. The van der Waals surface area contributed by atoms with Gasteiger partial charge >= 0.3 is 0 Å². The number of hydrogen-bond acceptors (Lipinski definition) is 9. The molecule has 1 saturated heterocycles. The molecular weight excluding hydrogens is 414 g/mol. The zero-order valence-electron chi connectivity index (χ0n) is 17.6. The first-order valence-corrected chi connectivity index (χ1v) is 10.7. The molecule has 0 aromatic carbocycles. The lowest BCUT2D eigenvalue weighted by atomic mass is 10.2. The van der Waals surface area contributed by atoms with Crippen molar-refractivity contribution in [3.05, 3.63) is 53.3 Å². The summed E-state index contributed by atoms with van der Waals surface area (Å²) < 4.78 is 19.6. The molecule has 31 heavy (non-hydrogen) atoms. The molecule has 8 nitrogen and oxygen atoms in total. The molecule has 0 atom stereocenters. The maximum absolute atomic E-state index is 5.58. The normalized spacial score (nSPS) is 13.5. The van der Waals surface area contributed by atoms with Gasteiger partial charge in [-0.3, -0.25) is 0 Å². The quantitative estimate of drug-likeness (QED) is 0.476. The minimum Gasteiger partial charge on any atom is -0.480 e. The minimum absolute atomic E-state index is 0.481. The topological polar surface area (TPSA) is 85.5 Å². The van der Waals surface area contributed by atoms with Gasteiger partial charge < -0.3 is 23.5 Å². The van der Waals surface area contributed by atoms with E-state index in [0.717, 1.165) is 46.6 Å². The number of aryl methyl sites for hydroxylation is 2. The number of aromatic nitrogens is 3. The van der Waals surface area contributed by atoms with Gasteiger partial charge in [0.1, 0.15) is 23.6 Å². The van der Waals surface area contributed by atoms with Crippen LogP contribution in [-0.2, 0) is 4.74 Å². The highest BCUT2D eigenvalue weighted by molar-refractivity contribution is 8.00. The van der Waals surface area contributed by atoms with Gasteiger partial charge in [0.2, 0.25) is 5.88 Å². The largest absolute Gasteiger partial charge is 0.480 e. The molecule has 0 aliphatic carbocycles. The first-order valence-electron chi connectivity index (χ1n) is 9.83. The molecule has 3 aromatic heterocycles. The SMILES string of the molecule is COc1ncc(C#Cc2c(C)ncnc2N2CCOCC2)cc1NSc1ccc(C)o1. The first kappa shape index (κ1) is 21.0. The molecule has 4 heterocycles. The predicted octanol–water partition coefficient (Wildman–Crippen LogP) is 3.45. The number of ether oxygens (including phenoxy) is 2. The fourth-order valence-corrected chi connectivity index (χ4v) is 3.75. The summed E-state index contributed by atoms with van der Waals surface area (Å²) in [5.74, 6) is 8.62. The van der Waals surface area contributed by atoms with E-state index >= 15 is 0 Å². The highest BCUT2D eigenvalue weighted by Crippen LogP contribution is 2.29. The summed E-state index contributed by atoms with van der Waals surface area (Å²) in [4.78, 5) is 15.4. The predicted molar refractivity (Wildman–Crippen MR) is 119 cm³/mol. The van der Waals surface area contributed by atoms with Gasteiger partial charge in [-0.1, -0.05) is 11.8 Å². The van der Waals surface area contributed by atoms with Crippen LogP contribution in [0.4, 0.5) is 11.5 Å². The molecule has 9 heteroatoms.